The van der Waals surface area contributed by atoms with E-state index < -0.39 is 17.6 Å². The third-order valence-corrected chi connectivity index (χ3v) is 4.67. The molecule has 0 bridgehead atoms. The zero-order chi connectivity index (χ0) is 20.3. The van der Waals surface area contributed by atoms with E-state index in [1.54, 1.807) is 0 Å². The second-order valence-corrected chi connectivity index (χ2v) is 6.75. The number of halogens is 4. The van der Waals surface area contributed by atoms with Crippen LogP contribution in [0.15, 0.2) is 42.5 Å². The second kappa shape index (κ2) is 9.28. The minimum Gasteiger partial charge on any atom is -0.326 e. The van der Waals surface area contributed by atoms with E-state index >= 15 is 0 Å². The molecule has 0 fully saturated rings. The van der Waals surface area contributed by atoms with Crippen molar-refractivity contribution in [1.82, 2.24) is 0 Å². The molecule has 1 aliphatic rings. The fraction of sp³-hybridized carbons (Fsp3) is 0.300. The Morgan fingerprint density at radius 2 is 1.93 bits per heavy atom. The molecule has 3 rings (SSSR count). The molecule has 1 unspecified atom stereocenters. The highest BCUT2D eigenvalue weighted by atomic mass is 35.5. The Hall–Kier alpha value is -2.58. The fourth-order valence-electron chi connectivity index (χ4n) is 3.22. The third-order valence-electron chi connectivity index (χ3n) is 4.67. The maximum atomic E-state index is 13.0. The molecule has 1 heterocycles. The minimum atomic E-state index is -4.53. The van der Waals surface area contributed by atoms with Gasteiger partial charge in [-0.05, 0) is 48.2 Å². The number of anilines is 2. The second-order valence-electron chi connectivity index (χ2n) is 6.75. The number of rotatable bonds is 5. The number of para-hydroxylation sites is 1. The molecule has 9 heteroatoms. The summed E-state index contributed by atoms with van der Waals surface area (Å²) in [6, 6.07) is 10.7. The molecule has 0 spiro atoms. The highest BCUT2D eigenvalue weighted by molar-refractivity contribution is 5.96. The van der Waals surface area contributed by atoms with E-state index in [1.165, 1.54) is 6.07 Å². The minimum absolute atomic E-state index is 0. The molecule has 1 atom stereocenters. The lowest BCUT2D eigenvalue weighted by atomic mass is 9.89. The number of fused-ring (bicyclic) bond motifs is 1. The van der Waals surface area contributed by atoms with Crippen LogP contribution in [0, 0.1) is 5.92 Å². The Morgan fingerprint density at radius 1 is 1.21 bits per heavy atom. The maximum Gasteiger partial charge on any atom is 0.416 e. The van der Waals surface area contributed by atoms with Gasteiger partial charge in [0, 0.05) is 30.3 Å². The Kier molecular flexibility index (Phi) is 7.26. The Labute approximate surface area is 172 Å². The van der Waals surface area contributed by atoms with Crippen LogP contribution < -0.4 is 16.4 Å². The highest BCUT2D eigenvalue weighted by Crippen LogP contribution is 2.32. The van der Waals surface area contributed by atoms with Crippen LogP contribution in [0.3, 0.4) is 0 Å². The van der Waals surface area contributed by atoms with Gasteiger partial charge in [0.2, 0.25) is 11.8 Å². The first-order valence-corrected chi connectivity index (χ1v) is 8.86. The van der Waals surface area contributed by atoms with Crippen molar-refractivity contribution in [2.75, 3.05) is 10.6 Å². The van der Waals surface area contributed by atoms with Gasteiger partial charge in [-0.3, -0.25) is 9.59 Å². The summed E-state index contributed by atoms with van der Waals surface area (Å²) in [6.07, 6.45) is -3.68. The van der Waals surface area contributed by atoms with Crippen molar-refractivity contribution in [3.05, 3.63) is 59.2 Å². The van der Waals surface area contributed by atoms with Gasteiger partial charge in [0.15, 0.2) is 0 Å². The number of nitrogens with one attached hydrogen (secondary N) is 2. The van der Waals surface area contributed by atoms with E-state index in [1.807, 2.05) is 24.3 Å². The molecule has 0 saturated heterocycles. The summed E-state index contributed by atoms with van der Waals surface area (Å²) in [7, 11) is 0. The van der Waals surface area contributed by atoms with Crippen LogP contribution in [0.2, 0.25) is 0 Å². The van der Waals surface area contributed by atoms with Gasteiger partial charge in [-0.2, -0.15) is 13.2 Å². The predicted molar refractivity (Wildman–Crippen MR) is 107 cm³/mol. The van der Waals surface area contributed by atoms with Crippen LogP contribution in [0.25, 0.3) is 0 Å². The zero-order valence-corrected chi connectivity index (χ0v) is 16.2. The first kappa shape index (κ1) is 22.7. The number of nitrogens with two attached hydrogens (primary N) is 1. The van der Waals surface area contributed by atoms with Crippen LogP contribution in [0.1, 0.15) is 29.5 Å². The van der Waals surface area contributed by atoms with Crippen molar-refractivity contribution >= 4 is 35.6 Å². The van der Waals surface area contributed by atoms with Gasteiger partial charge in [-0.25, -0.2) is 0 Å². The molecule has 4 N–H and O–H groups in total. The fourth-order valence-corrected chi connectivity index (χ4v) is 3.22. The SMILES string of the molecule is Cl.NCc1cc(NC(=O)CCC2Cc3ccccc3NC2=O)cc(C(F)(F)F)c1. The predicted octanol–water partition coefficient (Wildman–Crippen LogP) is 4.12. The molecular weight excluding hydrogens is 407 g/mol. The lowest BCUT2D eigenvalue weighted by molar-refractivity contribution is -0.137. The van der Waals surface area contributed by atoms with E-state index in [-0.39, 0.29) is 48.4 Å². The van der Waals surface area contributed by atoms with Gasteiger partial charge in [0.05, 0.1) is 5.56 Å². The van der Waals surface area contributed by atoms with Crippen LogP contribution in [-0.2, 0) is 28.7 Å². The van der Waals surface area contributed by atoms with Crippen molar-refractivity contribution < 1.29 is 22.8 Å². The van der Waals surface area contributed by atoms with Gasteiger partial charge in [0.25, 0.3) is 0 Å². The molecule has 5 nitrogen and oxygen atoms in total. The van der Waals surface area contributed by atoms with E-state index in [2.05, 4.69) is 10.6 Å². The molecule has 0 aromatic heterocycles. The molecular formula is C20H21ClF3N3O2. The van der Waals surface area contributed by atoms with Crippen LogP contribution >= 0.6 is 12.4 Å². The number of carbonyl (C=O) groups excluding carboxylic acids is 2. The molecule has 0 saturated carbocycles. The van der Waals surface area contributed by atoms with E-state index in [4.69, 9.17) is 5.73 Å². The molecule has 156 valence electrons. The van der Waals surface area contributed by atoms with Crippen molar-refractivity contribution in [2.45, 2.75) is 32.0 Å². The number of hydrogen-bond donors (Lipinski definition) is 3. The molecule has 1 aliphatic heterocycles. The van der Waals surface area contributed by atoms with Gasteiger partial charge < -0.3 is 16.4 Å². The van der Waals surface area contributed by atoms with Gasteiger partial charge in [-0.1, -0.05) is 18.2 Å². The Balaban J connectivity index is 0.00000300. The van der Waals surface area contributed by atoms with Crippen molar-refractivity contribution in [2.24, 2.45) is 11.7 Å². The number of amides is 2. The molecule has 2 aromatic rings. The van der Waals surface area contributed by atoms with E-state index in [9.17, 15) is 22.8 Å². The monoisotopic (exact) mass is 427 g/mol. The van der Waals surface area contributed by atoms with E-state index in [0.29, 0.717) is 12.8 Å². The molecule has 2 aromatic carbocycles. The normalized spacial score (nSPS) is 15.7. The summed E-state index contributed by atoms with van der Waals surface area (Å²) >= 11 is 0. The first-order valence-electron chi connectivity index (χ1n) is 8.86. The largest absolute Gasteiger partial charge is 0.416 e. The summed E-state index contributed by atoms with van der Waals surface area (Å²) in [4.78, 5) is 24.4. The summed E-state index contributed by atoms with van der Waals surface area (Å²) in [5.41, 5.74) is 6.66. The first-order chi connectivity index (χ1) is 13.3. The van der Waals surface area contributed by atoms with Gasteiger partial charge in [-0.15, -0.1) is 12.4 Å². The van der Waals surface area contributed by atoms with Crippen molar-refractivity contribution in [3.63, 3.8) is 0 Å². The lowest BCUT2D eigenvalue weighted by Crippen LogP contribution is -2.30. The summed E-state index contributed by atoms with van der Waals surface area (Å²) in [5, 5.41) is 5.29. The highest BCUT2D eigenvalue weighted by Gasteiger charge is 2.31. The van der Waals surface area contributed by atoms with Gasteiger partial charge >= 0.3 is 6.18 Å². The van der Waals surface area contributed by atoms with E-state index in [0.717, 1.165) is 23.4 Å². The summed E-state index contributed by atoms with van der Waals surface area (Å²) in [6.45, 7) is -0.0750. The van der Waals surface area contributed by atoms with Crippen molar-refractivity contribution in [3.8, 4) is 0 Å². The average molecular weight is 428 g/mol. The number of carbonyl (C=O) groups is 2. The summed E-state index contributed by atoms with van der Waals surface area (Å²) in [5.74, 6) is -0.966. The Morgan fingerprint density at radius 3 is 2.62 bits per heavy atom. The standard InChI is InChI=1S/C20H20F3N3O2.ClH/c21-20(22,23)15-7-12(11-24)8-16(10-15)25-18(27)6-5-14-9-13-3-1-2-4-17(13)26-19(14)28;/h1-4,7-8,10,14H,5-6,9,11,24H2,(H,25,27)(H,26,28);1H. The molecule has 29 heavy (non-hydrogen) atoms. The lowest BCUT2D eigenvalue weighted by Gasteiger charge is -2.24. The summed E-state index contributed by atoms with van der Waals surface area (Å²) < 4.78 is 38.9. The average Bonchev–Trinajstić information content (AvgIpc) is 2.65. The smallest absolute Gasteiger partial charge is 0.326 e. The number of benzene rings is 2. The quantitative estimate of drug-likeness (QED) is 0.671. The maximum absolute atomic E-state index is 13.0. The third kappa shape index (κ3) is 5.71. The molecule has 0 radical (unpaired) electrons. The van der Waals surface area contributed by atoms with Crippen LogP contribution in [0.4, 0.5) is 24.5 Å². The molecule has 2 amide bonds. The van der Waals surface area contributed by atoms with Crippen LogP contribution in [-0.4, -0.2) is 11.8 Å². The van der Waals surface area contributed by atoms with Gasteiger partial charge in [0.1, 0.15) is 0 Å². The number of alkyl halides is 3. The Bertz CT molecular complexity index is 903. The topological polar surface area (TPSA) is 84.2 Å². The zero-order valence-electron chi connectivity index (χ0n) is 15.4. The van der Waals surface area contributed by atoms with Crippen LogP contribution in [0.5, 0.6) is 0 Å². The molecule has 0 aliphatic carbocycles. The number of hydrogen-bond acceptors (Lipinski definition) is 3. The van der Waals surface area contributed by atoms with Crippen molar-refractivity contribution in [1.29, 1.82) is 0 Å².